The van der Waals surface area contributed by atoms with Crippen molar-refractivity contribution in [2.75, 3.05) is 0 Å². The van der Waals surface area contributed by atoms with Crippen LogP contribution in [0.1, 0.15) is 54.4 Å². The van der Waals surface area contributed by atoms with Gasteiger partial charge in [-0.2, -0.15) is 0 Å². The molecule has 0 aromatic carbocycles. The number of aliphatic hydroxyl groups excluding tert-OH is 1. The maximum atomic E-state index is 10.6. The molecular formula is C14H29NO3. The lowest BCUT2D eigenvalue weighted by molar-refractivity contribution is -0.122. The summed E-state index contributed by atoms with van der Waals surface area (Å²) < 4.78 is 0. The number of hydrogen-bond donors (Lipinski definition) is 2. The average molecular weight is 259 g/mol. The van der Waals surface area contributed by atoms with Gasteiger partial charge in [0.25, 0.3) is 0 Å². The molecule has 0 spiro atoms. The first-order valence-corrected chi connectivity index (χ1v) is 6.61. The summed E-state index contributed by atoms with van der Waals surface area (Å²) in [7, 11) is 0. The predicted octanol–water partition coefficient (Wildman–Crippen LogP) is 2.14. The Bertz CT molecular complexity index is 251. The molecule has 0 aromatic rings. The number of hydrogen-bond acceptors (Lipinski definition) is 3. The molecule has 4 nitrogen and oxygen atoms in total. The largest absolute Gasteiger partial charge is 0.393 e. The topological polar surface area (TPSA) is 80.4 Å². The highest BCUT2D eigenvalue weighted by Crippen LogP contribution is 2.09. The molecule has 18 heavy (non-hydrogen) atoms. The number of carbonyl (C=O) groups excluding carboxylic acids is 2. The van der Waals surface area contributed by atoms with Crippen molar-refractivity contribution >= 4 is 11.7 Å². The molecule has 0 bridgehead atoms. The Morgan fingerprint density at radius 3 is 1.78 bits per heavy atom. The van der Waals surface area contributed by atoms with Crippen molar-refractivity contribution in [2.45, 2.75) is 60.5 Å². The third kappa shape index (κ3) is 10.3. The highest BCUT2D eigenvalue weighted by molar-refractivity contribution is 5.78. The third-order valence-electron chi connectivity index (χ3n) is 3.22. The van der Waals surface area contributed by atoms with E-state index in [-0.39, 0.29) is 23.8 Å². The fourth-order valence-electron chi connectivity index (χ4n) is 1.16. The number of aliphatic hydroxyl groups is 1. The van der Waals surface area contributed by atoms with Gasteiger partial charge < -0.3 is 10.8 Å². The summed E-state index contributed by atoms with van der Waals surface area (Å²) in [6.07, 6.45) is 0.770. The molecule has 108 valence electrons. The van der Waals surface area contributed by atoms with E-state index in [1.54, 1.807) is 13.8 Å². The summed E-state index contributed by atoms with van der Waals surface area (Å²) in [5.41, 5.74) is 4.99. The van der Waals surface area contributed by atoms with Gasteiger partial charge in [0, 0.05) is 11.8 Å². The first-order valence-electron chi connectivity index (χ1n) is 6.61. The molecule has 0 aliphatic rings. The molecule has 1 amide bonds. The van der Waals surface area contributed by atoms with Crippen LogP contribution < -0.4 is 5.73 Å². The van der Waals surface area contributed by atoms with Gasteiger partial charge in [-0.15, -0.1) is 0 Å². The highest BCUT2D eigenvalue weighted by atomic mass is 16.3. The van der Waals surface area contributed by atoms with E-state index in [4.69, 9.17) is 10.8 Å². The van der Waals surface area contributed by atoms with Gasteiger partial charge in [-0.1, -0.05) is 34.6 Å². The summed E-state index contributed by atoms with van der Waals surface area (Å²) in [5, 5.41) is 9.07. The van der Waals surface area contributed by atoms with Crippen molar-refractivity contribution in [3.05, 3.63) is 0 Å². The van der Waals surface area contributed by atoms with E-state index in [1.807, 2.05) is 13.8 Å². The number of primary amides is 1. The Labute approximate surface area is 111 Å². The van der Waals surface area contributed by atoms with Crippen LogP contribution in [0.2, 0.25) is 0 Å². The number of carbonyl (C=O) groups is 2. The monoisotopic (exact) mass is 259 g/mol. The number of ketones is 1. The molecule has 3 N–H and O–H groups in total. The van der Waals surface area contributed by atoms with Crippen LogP contribution in [-0.4, -0.2) is 22.9 Å². The molecule has 0 radical (unpaired) electrons. The Balaban J connectivity index is 0. The van der Waals surface area contributed by atoms with Gasteiger partial charge in [-0.25, -0.2) is 0 Å². The van der Waals surface area contributed by atoms with Gasteiger partial charge in [0.2, 0.25) is 5.91 Å². The molecule has 0 aliphatic heterocycles. The molecule has 0 rings (SSSR count). The molecular weight excluding hydrogens is 230 g/mol. The van der Waals surface area contributed by atoms with Crippen LogP contribution >= 0.6 is 0 Å². The van der Waals surface area contributed by atoms with Gasteiger partial charge in [0.1, 0.15) is 5.78 Å². The smallest absolute Gasteiger partial charge is 0.220 e. The van der Waals surface area contributed by atoms with Crippen LogP contribution in [0.3, 0.4) is 0 Å². The summed E-state index contributed by atoms with van der Waals surface area (Å²) in [4.78, 5) is 21.0. The Morgan fingerprint density at radius 2 is 1.61 bits per heavy atom. The molecule has 0 saturated heterocycles. The number of rotatable bonds is 6. The van der Waals surface area contributed by atoms with Crippen LogP contribution in [0.25, 0.3) is 0 Å². The van der Waals surface area contributed by atoms with Gasteiger partial charge >= 0.3 is 0 Å². The molecule has 0 saturated carbocycles. The fourth-order valence-corrected chi connectivity index (χ4v) is 1.16. The van der Waals surface area contributed by atoms with E-state index in [2.05, 4.69) is 13.8 Å². The van der Waals surface area contributed by atoms with Crippen LogP contribution in [0.4, 0.5) is 0 Å². The molecule has 0 heterocycles. The van der Waals surface area contributed by atoms with Crippen LogP contribution in [0.5, 0.6) is 0 Å². The third-order valence-corrected chi connectivity index (χ3v) is 3.22. The van der Waals surface area contributed by atoms with Crippen LogP contribution in [-0.2, 0) is 9.59 Å². The molecule has 0 aliphatic carbocycles. The van der Waals surface area contributed by atoms with E-state index < -0.39 is 0 Å². The molecule has 0 aromatic heterocycles. The lowest BCUT2D eigenvalue weighted by atomic mass is 9.95. The molecule has 2 unspecified atom stereocenters. The van der Waals surface area contributed by atoms with Crippen molar-refractivity contribution in [1.29, 1.82) is 0 Å². The van der Waals surface area contributed by atoms with Crippen LogP contribution in [0.15, 0.2) is 0 Å². The zero-order valence-corrected chi connectivity index (χ0v) is 12.6. The SMILES string of the molecule is CC(=O)C(C)C(C)C.CC[C@H](O)CC(C)C(N)=O. The average Bonchev–Trinajstić information content (AvgIpc) is 2.27. The quantitative estimate of drug-likeness (QED) is 0.767. The van der Waals surface area contributed by atoms with Crippen LogP contribution in [0, 0.1) is 17.8 Å². The first-order chi connectivity index (χ1) is 8.13. The minimum atomic E-state index is -0.387. The van der Waals surface area contributed by atoms with Gasteiger partial charge in [-0.05, 0) is 25.7 Å². The molecule has 4 heteroatoms. The van der Waals surface area contributed by atoms with Crippen molar-refractivity contribution in [1.82, 2.24) is 0 Å². The first kappa shape index (κ1) is 19.4. The number of nitrogens with two attached hydrogens (primary N) is 1. The molecule has 0 fully saturated rings. The summed E-state index contributed by atoms with van der Waals surface area (Å²) >= 11 is 0. The lowest BCUT2D eigenvalue weighted by Crippen LogP contribution is -2.24. The standard InChI is InChI=1S/C7H15NO2.C7H14O/c1-3-6(9)4-5(2)7(8)10;1-5(2)6(3)7(4)8/h5-6,9H,3-4H2,1-2H3,(H2,8,10);5-6H,1-4H3/t5?,6-;/m0./s1. The van der Waals surface area contributed by atoms with Crippen molar-refractivity contribution < 1.29 is 14.7 Å². The number of Topliss-reactive ketones (excluding diaryl/α,β-unsaturated/α-hetero) is 1. The Kier molecular flexibility index (Phi) is 10.9. The van der Waals surface area contributed by atoms with E-state index >= 15 is 0 Å². The van der Waals surface area contributed by atoms with E-state index in [0.29, 0.717) is 24.5 Å². The van der Waals surface area contributed by atoms with Crippen molar-refractivity contribution in [3.8, 4) is 0 Å². The Hall–Kier alpha value is -0.900. The second-order valence-corrected chi connectivity index (χ2v) is 5.24. The number of amides is 1. The maximum Gasteiger partial charge on any atom is 0.220 e. The molecule has 3 atom stereocenters. The predicted molar refractivity (Wildman–Crippen MR) is 74.0 cm³/mol. The second-order valence-electron chi connectivity index (χ2n) is 5.24. The van der Waals surface area contributed by atoms with Crippen molar-refractivity contribution in [2.24, 2.45) is 23.5 Å². The van der Waals surface area contributed by atoms with E-state index in [9.17, 15) is 9.59 Å². The maximum absolute atomic E-state index is 10.6. The summed E-state index contributed by atoms with van der Waals surface area (Å²) in [6.45, 7) is 11.3. The Morgan fingerprint density at radius 1 is 1.17 bits per heavy atom. The zero-order chi connectivity index (χ0) is 14.9. The fraction of sp³-hybridized carbons (Fsp3) is 0.857. The lowest BCUT2D eigenvalue weighted by Gasteiger charge is -2.10. The van der Waals surface area contributed by atoms with Crippen molar-refractivity contribution in [3.63, 3.8) is 0 Å². The summed E-state index contributed by atoms with van der Waals surface area (Å²) in [6, 6.07) is 0. The van der Waals surface area contributed by atoms with Gasteiger partial charge in [0.15, 0.2) is 0 Å². The highest BCUT2D eigenvalue weighted by Gasteiger charge is 2.12. The second kappa shape index (κ2) is 10.1. The minimum absolute atomic E-state index is 0.213. The summed E-state index contributed by atoms with van der Waals surface area (Å²) in [5.74, 6) is 0.463. The van der Waals surface area contributed by atoms with Gasteiger partial charge in [0.05, 0.1) is 6.10 Å². The van der Waals surface area contributed by atoms with E-state index in [1.165, 1.54) is 0 Å². The van der Waals surface area contributed by atoms with E-state index in [0.717, 1.165) is 0 Å². The zero-order valence-electron chi connectivity index (χ0n) is 12.6. The minimum Gasteiger partial charge on any atom is -0.393 e. The van der Waals surface area contributed by atoms with Gasteiger partial charge in [-0.3, -0.25) is 9.59 Å². The normalized spacial score (nSPS) is 15.3.